The lowest BCUT2D eigenvalue weighted by atomic mass is 10.0. The first-order chi connectivity index (χ1) is 7.03. The first-order valence-electron chi connectivity index (χ1n) is 4.78. The molecular weight excluding hydrogens is 217 g/mol. The quantitative estimate of drug-likeness (QED) is 0.859. The van der Waals surface area contributed by atoms with Crippen molar-refractivity contribution in [2.45, 2.75) is 24.8 Å². The lowest BCUT2D eigenvalue weighted by Crippen LogP contribution is -2.34. The lowest BCUT2D eigenvalue weighted by Gasteiger charge is -2.08. The average molecular weight is 228 g/mol. The molecule has 2 N–H and O–H groups in total. The first-order valence-corrected chi connectivity index (χ1v) is 5.16. The maximum absolute atomic E-state index is 13.1. The number of hydrogen-bond donors (Lipinski definition) is 1. The SMILES string of the molecule is NC1(C(=O)Cc2cccc(F)c2Cl)CC1. The predicted octanol–water partition coefficient (Wildman–Crippen LogP) is 2.08. The summed E-state index contributed by atoms with van der Waals surface area (Å²) in [7, 11) is 0. The molecule has 2 nitrogen and oxygen atoms in total. The fourth-order valence-electron chi connectivity index (χ4n) is 1.45. The van der Waals surface area contributed by atoms with Crippen LogP contribution in [0.4, 0.5) is 4.39 Å². The number of Topliss-reactive ketones (excluding diaryl/α,β-unsaturated/α-hetero) is 1. The number of halogens is 2. The molecule has 0 aromatic heterocycles. The van der Waals surface area contributed by atoms with Gasteiger partial charge in [-0.3, -0.25) is 4.79 Å². The van der Waals surface area contributed by atoms with Gasteiger partial charge in [0.05, 0.1) is 10.6 Å². The van der Waals surface area contributed by atoms with Crippen molar-refractivity contribution < 1.29 is 9.18 Å². The molecule has 4 heteroatoms. The summed E-state index contributed by atoms with van der Waals surface area (Å²) in [5, 5.41) is 0.0232. The highest BCUT2D eigenvalue weighted by atomic mass is 35.5. The van der Waals surface area contributed by atoms with E-state index < -0.39 is 11.4 Å². The van der Waals surface area contributed by atoms with Crippen LogP contribution in [0.25, 0.3) is 0 Å². The second-order valence-corrected chi connectivity index (χ2v) is 4.35. The zero-order chi connectivity index (χ0) is 11.1. The molecule has 0 atom stereocenters. The molecule has 0 heterocycles. The number of nitrogens with two attached hydrogens (primary N) is 1. The fourth-order valence-corrected chi connectivity index (χ4v) is 1.64. The van der Waals surface area contributed by atoms with Crippen molar-refractivity contribution in [2.75, 3.05) is 0 Å². The van der Waals surface area contributed by atoms with Gasteiger partial charge in [-0.1, -0.05) is 23.7 Å². The zero-order valence-corrected chi connectivity index (χ0v) is 8.85. The Hall–Kier alpha value is -0.930. The van der Waals surface area contributed by atoms with Crippen LogP contribution in [0.2, 0.25) is 5.02 Å². The third-order valence-electron chi connectivity index (χ3n) is 2.73. The number of rotatable bonds is 3. The third kappa shape index (κ3) is 2.03. The minimum absolute atomic E-state index is 0.0232. The molecule has 0 radical (unpaired) electrons. The molecule has 1 aliphatic carbocycles. The van der Waals surface area contributed by atoms with Crippen molar-refractivity contribution in [3.8, 4) is 0 Å². The van der Waals surface area contributed by atoms with Gasteiger partial charge < -0.3 is 5.73 Å². The Balaban J connectivity index is 2.17. The second kappa shape index (κ2) is 3.58. The number of carbonyl (C=O) groups excluding carboxylic acids is 1. The van der Waals surface area contributed by atoms with Gasteiger partial charge in [0, 0.05) is 6.42 Å². The van der Waals surface area contributed by atoms with Gasteiger partial charge in [-0.15, -0.1) is 0 Å². The summed E-state index contributed by atoms with van der Waals surface area (Å²) in [5.41, 5.74) is 5.58. The van der Waals surface area contributed by atoms with Crippen molar-refractivity contribution in [1.82, 2.24) is 0 Å². The van der Waals surface area contributed by atoms with E-state index in [1.807, 2.05) is 0 Å². The summed E-state index contributed by atoms with van der Waals surface area (Å²) < 4.78 is 13.1. The van der Waals surface area contributed by atoms with Crippen LogP contribution in [0, 0.1) is 5.82 Å². The maximum atomic E-state index is 13.1. The molecule has 80 valence electrons. The van der Waals surface area contributed by atoms with E-state index in [1.54, 1.807) is 12.1 Å². The molecule has 0 unspecified atom stereocenters. The Morgan fingerprint density at radius 3 is 2.80 bits per heavy atom. The summed E-state index contributed by atoms with van der Waals surface area (Å²) in [4.78, 5) is 11.7. The van der Waals surface area contributed by atoms with Gasteiger partial charge in [0.2, 0.25) is 0 Å². The van der Waals surface area contributed by atoms with Gasteiger partial charge in [0.15, 0.2) is 5.78 Å². The van der Waals surface area contributed by atoms with E-state index in [0.717, 1.165) is 12.8 Å². The van der Waals surface area contributed by atoms with Crippen LogP contribution in [-0.4, -0.2) is 11.3 Å². The van der Waals surface area contributed by atoms with Crippen LogP contribution in [-0.2, 0) is 11.2 Å². The Morgan fingerprint density at radius 1 is 1.53 bits per heavy atom. The average Bonchev–Trinajstić information content (AvgIpc) is 2.93. The van der Waals surface area contributed by atoms with E-state index >= 15 is 0 Å². The zero-order valence-electron chi connectivity index (χ0n) is 8.09. The van der Waals surface area contributed by atoms with Gasteiger partial charge in [0.25, 0.3) is 0 Å². The molecule has 1 aliphatic rings. The predicted molar refractivity (Wildman–Crippen MR) is 56.3 cm³/mol. The summed E-state index contributed by atoms with van der Waals surface area (Å²) in [5.74, 6) is -0.557. The monoisotopic (exact) mass is 227 g/mol. The van der Waals surface area contributed by atoms with Crippen molar-refractivity contribution in [3.63, 3.8) is 0 Å². The smallest absolute Gasteiger partial charge is 0.157 e. The van der Waals surface area contributed by atoms with Crippen LogP contribution >= 0.6 is 11.6 Å². The van der Waals surface area contributed by atoms with Crippen LogP contribution in [0.3, 0.4) is 0 Å². The third-order valence-corrected chi connectivity index (χ3v) is 3.15. The number of benzene rings is 1. The molecule has 0 spiro atoms. The Kier molecular flexibility index (Phi) is 2.52. The van der Waals surface area contributed by atoms with Crippen molar-refractivity contribution in [1.29, 1.82) is 0 Å². The summed E-state index contributed by atoms with van der Waals surface area (Å²) >= 11 is 5.74. The Bertz CT molecular complexity index is 415. The molecule has 1 fully saturated rings. The van der Waals surface area contributed by atoms with Gasteiger partial charge in [-0.05, 0) is 24.5 Å². The highest BCUT2D eigenvalue weighted by Gasteiger charge is 2.45. The molecule has 0 bridgehead atoms. The van der Waals surface area contributed by atoms with Gasteiger partial charge in [-0.25, -0.2) is 4.39 Å². The fraction of sp³-hybridized carbons (Fsp3) is 0.364. The summed E-state index contributed by atoms with van der Waals surface area (Å²) in [6, 6.07) is 4.46. The highest BCUT2D eigenvalue weighted by Crippen LogP contribution is 2.34. The highest BCUT2D eigenvalue weighted by molar-refractivity contribution is 6.31. The van der Waals surface area contributed by atoms with Crippen LogP contribution in [0.1, 0.15) is 18.4 Å². The lowest BCUT2D eigenvalue weighted by molar-refractivity contribution is -0.120. The maximum Gasteiger partial charge on any atom is 0.157 e. The summed E-state index contributed by atoms with van der Waals surface area (Å²) in [6.45, 7) is 0. The largest absolute Gasteiger partial charge is 0.319 e. The molecule has 1 saturated carbocycles. The molecule has 1 aromatic rings. The van der Waals surface area contributed by atoms with E-state index in [-0.39, 0.29) is 17.2 Å². The van der Waals surface area contributed by atoms with E-state index in [4.69, 9.17) is 17.3 Å². The molecule has 0 saturated heterocycles. The normalized spacial score (nSPS) is 17.5. The molecule has 2 rings (SSSR count). The summed E-state index contributed by atoms with van der Waals surface area (Å²) in [6.07, 6.45) is 1.56. The van der Waals surface area contributed by atoms with Gasteiger partial charge >= 0.3 is 0 Å². The standard InChI is InChI=1S/C11H11ClFNO/c12-10-7(2-1-3-8(10)13)6-9(15)11(14)4-5-11/h1-3H,4-6,14H2. The molecule has 0 amide bonds. The van der Waals surface area contributed by atoms with Crippen molar-refractivity contribution >= 4 is 17.4 Å². The van der Waals surface area contributed by atoms with Gasteiger partial charge in [-0.2, -0.15) is 0 Å². The number of ketones is 1. The van der Waals surface area contributed by atoms with Crippen LogP contribution in [0.5, 0.6) is 0 Å². The van der Waals surface area contributed by atoms with E-state index in [2.05, 4.69) is 0 Å². The Labute approximate surface area is 92.2 Å². The minimum Gasteiger partial charge on any atom is -0.319 e. The number of hydrogen-bond acceptors (Lipinski definition) is 2. The molecule has 1 aromatic carbocycles. The molecular formula is C11H11ClFNO. The number of carbonyl (C=O) groups is 1. The Morgan fingerprint density at radius 2 is 2.20 bits per heavy atom. The van der Waals surface area contributed by atoms with Gasteiger partial charge in [0.1, 0.15) is 5.82 Å². The minimum atomic E-state index is -0.671. The molecule has 15 heavy (non-hydrogen) atoms. The van der Waals surface area contributed by atoms with E-state index in [0.29, 0.717) is 5.56 Å². The van der Waals surface area contributed by atoms with Crippen LogP contribution < -0.4 is 5.73 Å². The topological polar surface area (TPSA) is 43.1 Å². The van der Waals surface area contributed by atoms with Crippen molar-refractivity contribution in [2.24, 2.45) is 5.73 Å². The molecule has 0 aliphatic heterocycles. The van der Waals surface area contributed by atoms with Crippen LogP contribution in [0.15, 0.2) is 18.2 Å². The van der Waals surface area contributed by atoms with Crippen molar-refractivity contribution in [3.05, 3.63) is 34.6 Å². The second-order valence-electron chi connectivity index (χ2n) is 3.97. The van der Waals surface area contributed by atoms with E-state index in [9.17, 15) is 9.18 Å². The first kappa shape index (κ1) is 10.6. The van der Waals surface area contributed by atoms with E-state index in [1.165, 1.54) is 6.07 Å².